The lowest BCUT2D eigenvalue weighted by Crippen LogP contribution is -2.29. The van der Waals surface area contributed by atoms with Crippen LogP contribution in [0.2, 0.25) is 0 Å². The molecule has 0 atom stereocenters. The van der Waals surface area contributed by atoms with E-state index in [1.54, 1.807) is 6.07 Å². The van der Waals surface area contributed by atoms with E-state index in [0.29, 0.717) is 6.54 Å². The van der Waals surface area contributed by atoms with Gasteiger partial charge in [-0.1, -0.05) is 30.7 Å². The van der Waals surface area contributed by atoms with Crippen LogP contribution >= 0.6 is 0 Å². The molecule has 4 nitrogen and oxygen atoms in total. The van der Waals surface area contributed by atoms with Gasteiger partial charge in [-0.3, -0.25) is 9.69 Å². The molecule has 1 fully saturated rings. The maximum absolute atomic E-state index is 13.7. The van der Waals surface area contributed by atoms with E-state index in [-0.39, 0.29) is 17.2 Å². The van der Waals surface area contributed by atoms with Crippen LogP contribution in [0.1, 0.15) is 40.7 Å². The number of methoxy groups -OCH3 is 1. The molecule has 0 aromatic heterocycles. The van der Waals surface area contributed by atoms with Crippen LogP contribution in [0.15, 0.2) is 42.5 Å². The molecule has 0 unspecified atom stereocenters. The van der Waals surface area contributed by atoms with E-state index in [0.717, 1.165) is 25.2 Å². The highest BCUT2D eigenvalue weighted by Crippen LogP contribution is 2.18. The Kier molecular flexibility index (Phi) is 6.23. The molecule has 0 saturated carbocycles. The number of carbonyl (C=O) groups is 1. The molecule has 1 heterocycles. The van der Waals surface area contributed by atoms with Crippen molar-refractivity contribution in [3.63, 3.8) is 0 Å². The van der Waals surface area contributed by atoms with Gasteiger partial charge in [0, 0.05) is 18.7 Å². The number of nitrogens with zero attached hydrogens (tertiary/aromatic N) is 1. The highest BCUT2D eigenvalue weighted by atomic mass is 19.1. The molecule has 0 aliphatic carbocycles. The number of benzene rings is 2. The van der Waals surface area contributed by atoms with Gasteiger partial charge in [-0.25, -0.2) is 4.39 Å². The quantitative estimate of drug-likeness (QED) is 0.857. The van der Waals surface area contributed by atoms with Crippen molar-refractivity contribution in [2.24, 2.45) is 0 Å². The fraction of sp³-hybridized carbons (Fsp3) is 0.381. The number of hydrogen-bond donors (Lipinski definition) is 1. The number of carbonyl (C=O) groups excluding carboxylic acids is 1. The number of amides is 1. The topological polar surface area (TPSA) is 41.6 Å². The Bertz CT molecular complexity index is 757. The lowest BCUT2D eigenvalue weighted by Gasteiger charge is -2.26. The SMILES string of the molecule is COc1ccc(C(=O)NCc2cccc(CN3CCCCC3)c2)cc1F. The van der Waals surface area contributed by atoms with Gasteiger partial charge in [0.25, 0.3) is 5.91 Å². The molecule has 0 spiro atoms. The predicted molar refractivity (Wildman–Crippen MR) is 99.7 cm³/mol. The number of likely N-dealkylation sites (tertiary alicyclic amines) is 1. The van der Waals surface area contributed by atoms with Crippen LogP contribution in [-0.2, 0) is 13.1 Å². The molecule has 2 aromatic rings. The first kappa shape index (κ1) is 18.4. The highest BCUT2D eigenvalue weighted by molar-refractivity contribution is 5.94. The summed E-state index contributed by atoms with van der Waals surface area (Å²) in [6.07, 6.45) is 3.87. The summed E-state index contributed by atoms with van der Waals surface area (Å²) in [5.74, 6) is -0.705. The maximum Gasteiger partial charge on any atom is 0.251 e. The van der Waals surface area contributed by atoms with E-state index < -0.39 is 5.82 Å². The minimum absolute atomic E-state index is 0.131. The molecule has 2 aromatic carbocycles. The summed E-state index contributed by atoms with van der Waals surface area (Å²) in [5.41, 5.74) is 2.59. The van der Waals surface area contributed by atoms with Gasteiger partial charge in [-0.05, 0) is 55.3 Å². The van der Waals surface area contributed by atoms with Crippen molar-refractivity contribution in [3.8, 4) is 5.75 Å². The zero-order valence-electron chi connectivity index (χ0n) is 15.1. The van der Waals surface area contributed by atoms with Crippen molar-refractivity contribution in [3.05, 3.63) is 65.0 Å². The fourth-order valence-corrected chi connectivity index (χ4v) is 3.31. The molecule has 1 saturated heterocycles. The lowest BCUT2D eigenvalue weighted by molar-refractivity contribution is 0.0950. The first-order chi connectivity index (χ1) is 12.7. The van der Waals surface area contributed by atoms with Gasteiger partial charge in [0.2, 0.25) is 0 Å². The second-order valence-corrected chi connectivity index (χ2v) is 6.69. The molecule has 0 bridgehead atoms. The Hall–Kier alpha value is -2.40. The maximum atomic E-state index is 13.7. The third kappa shape index (κ3) is 4.82. The second kappa shape index (κ2) is 8.81. The van der Waals surface area contributed by atoms with Crippen LogP contribution in [0.4, 0.5) is 4.39 Å². The molecule has 1 aliphatic rings. The van der Waals surface area contributed by atoms with Crippen LogP contribution in [-0.4, -0.2) is 31.0 Å². The summed E-state index contributed by atoms with van der Waals surface area (Å²) in [7, 11) is 1.40. The lowest BCUT2D eigenvalue weighted by atomic mass is 10.1. The van der Waals surface area contributed by atoms with Crippen LogP contribution in [0.25, 0.3) is 0 Å². The van der Waals surface area contributed by atoms with Gasteiger partial charge in [-0.15, -0.1) is 0 Å². The molecular weight excluding hydrogens is 331 g/mol. The zero-order chi connectivity index (χ0) is 18.4. The minimum Gasteiger partial charge on any atom is -0.494 e. The number of rotatable bonds is 6. The average Bonchev–Trinajstić information content (AvgIpc) is 2.67. The number of ether oxygens (including phenoxy) is 1. The Morgan fingerprint density at radius 1 is 1.12 bits per heavy atom. The number of nitrogens with one attached hydrogen (secondary N) is 1. The fourth-order valence-electron chi connectivity index (χ4n) is 3.31. The average molecular weight is 356 g/mol. The molecule has 26 heavy (non-hydrogen) atoms. The molecule has 1 aliphatic heterocycles. The van der Waals surface area contributed by atoms with Crippen molar-refractivity contribution in [1.29, 1.82) is 0 Å². The number of piperidine rings is 1. The van der Waals surface area contributed by atoms with Gasteiger partial charge in [-0.2, -0.15) is 0 Å². The Morgan fingerprint density at radius 3 is 2.62 bits per heavy atom. The van der Waals surface area contributed by atoms with Crippen molar-refractivity contribution in [1.82, 2.24) is 10.2 Å². The third-order valence-corrected chi connectivity index (χ3v) is 4.71. The van der Waals surface area contributed by atoms with Crippen molar-refractivity contribution < 1.29 is 13.9 Å². The molecule has 1 amide bonds. The highest BCUT2D eigenvalue weighted by Gasteiger charge is 2.12. The molecule has 5 heteroatoms. The smallest absolute Gasteiger partial charge is 0.251 e. The standard InChI is InChI=1S/C21H25FN2O2/c1-26-20-9-8-18(13-19(20)22)21(25)23-14-16-6-5-7-17(12-16)15-24-10-3-2-4-11-24/h5-9,12-13H,2-4,10-11,14-15H2,1H3,(H,23,25). The second-order valence-electron chi connectivity index (χ2n) is 6.69. The Morgan fingerprint density at radius 2 is 1.88 bits per heavy atom. The summed E-state index contributed by atoms with van der Waals surface area (Å²) in [4.78, 5) is 14.7. The summed E-state index contributed by atoms with van der Waals surface area (Å²) in [6.45, 7) is 3.68. The van der Waals surface area contributed by atoms with Crippen molar-refractivity contribution in [2.75, 3.05) is 20.2 Å². The molecule has 138 valence electrons. The first-order valence-electron chi connectivity index (χ1n) is 9.07. The molecule has 1 N–H and O–H groups in total. The first-order valence-corrected chi connectivity index (χ1v) is 9.07. The van der Waals surface area contributed by atoms with Crippen LogP contribution in [0.5, 0.6) is 5.75 Å². The summed E-state index contributed by atoms with van der Waals surface area (Å²) in [6, 6.07) is 12.5. The van der Waals surface area contributed by atoms with Crippen molar-refractivity contribution >= 4 is 5.91 Å². The number of hydrogen-bond acceptors (Lipinski definition) is 3. The Balaban J connectivity index is 1.57. The van der Waals surface area contributed by atoms with E-state index in [9.17, 15) is 9.18 Å². The Labute approximate surface area is 154 Å². The van der Waals surface area contributed by atoms with Crippen LogP contribution in [0.3, 0.4) is 0 Å². The van der Waals surface area contributed by atoms with Gasteiger partial charge < -0.3 is 10.1 Å². The third-order valence-electron chi connectivity index (χ3n) is 4.71. The van der Waals surface area contributed by atoms with E-state index in [1.807, 2.05) is 12.1 Å². The monoisotopic (exact) mass is 356 g/mol. The van der Waals surface area contributed by atoms with E-state index in [1.165, 1.54) is 44.1 Å². The van der Waals surface area contributed by atoms with E-state index >= 15 is 0 Å². The largest absolute Gasteiger partial charge is 0.494 e. The molecular formula is C21H25FN2O2. The van der Waals surface area contributed by atoms with Crippen molar-refractivity contribution in [2.45, 2.75) is 32.4 Å². The van der Waals surface area contributed by atoms with Gasteiger partial charge in [0.15, 0.2) is 11.6 Å². The minimum atomic E-state index is -0.538. The van der Waals surface area contributed by atoms with Crippen LogP contribution in [0, 0.1) is 5.82 Å². The van der Waals surface area contributed by atoms with Gasteiger partial charge >= 0.3 is 0 Å². The number of halogens is 1. The summed E-state index contributed by atoms with van der Waals surface area (Å²) < 4.78 is 18.6. The molecule has 0 radical (unpaired) electrons. The molecule has 3 rings (SSSR count). The predicted octanol–water partition coefficient (Wildman–Crippen LogP) is 3.75. The van der Waals surface area contributed by atoms with E-state index in [4.69, 9.17) is 4.74 Å². The van der Waals surface area contributed by atoms with Gasteiger partial charge in [0.1, 0.15) is 0 Å². The normalized spacial score (nSPS) is 14.8. The van der Waals surface area contributed by atoms with Crippen LogP contribution < -0.4 is 10.1 Å². The zero-order valence-corrected chi connectivity index (χ0v) is 15.1. The summed E-state index contributed by atoms with van der Waals surface area (Å²) in [5, 5.41) is 2.85. The van der Waals surface area contributed by atoms with E-state index in [2.05, 4.69) is 22.3 Å². The van der Waals surface area contributed by atoms with Gasteiger partial charge in [0.05, 0.1) is 7.11 Å². The summed E-state index contributed by atoms with van der Waals surface area (Å²) >= 11 is 0.